The second-order valence-electron chi connectivity index (χ2n) is 3.97. The van der Waals surface area contributed by atoms with Crippen molar-refractivity contribution in [2.75, 3.05) is 0 Å². The van der Waals surface area contributed by atoms with Gasteiger partial charge in [0.15, 0.2) is 0 Å². The maximum atomic E-state index is 13.6. The summed E-state index contributed by atoms with van der Waals surface area (Å²) in [5.41, 5.74) is -5.94. The van der Waals surface area contributed by atoms with Gasteiger partial charge < -0.3 is 18.9 Å². The van der Waals surface area contributed by atoms with E-state index >= 15 is 0 Å². The fourth-order valence-corrected chi connectivity index (χ4v) is 1.94. The molecule has 0 amide bonds. The monoisotopic (exact) mass is 328 g/mol. The summed E-state index contributed by atoms with van der Waals surface area (Å²) in [6.07, 6.45) is -23.4. The Morgan fingerprint density at radius 2 is 0.714 bits per heavy atom. The zero-order chi connectivity index (χ0) is 16.5. The van der Waals surface area contributed by atoms with Gasteiger partial charge in [-0.3, -0.25) is 0 Å². The average molecular weight is 328 g/mol. The fraction of sp³-hybridized carbons (Fsp3) is 0.556. The van der Waals surface area contributed by atoms with Crippen LogP contribution in [0.15, 0.2) is 25.0 Å². The minimum absolute atomic E-state index is 1.84. The highest BCUT2D eigenvalue weighted by atomic mass is 19.3. The van der Waals surface area contributed by atoms with E-state index in [4.69, 9.17) is 0 Å². The molecule has 4 nitrogen and oxygen atoms in total. The van der Waals surface area contributed by atoms with Crippen molar-refractivity contribution in [1.82, 2.24) is 0 Å². The SMILES string of the molecule is C=C1OC(F)(F)C2(C(F)(F)O1)C(F)(F)OC(=C)OC2(F)F. The summed E-state index contributed by atoms with van der Waals surface area (Å²) in [7, 11) is 0. The summed E-state index contributed by atoms with van der Waals surface area (Å²) in [5.74, 6) is -3.68. The van der Waals surface area contributed by atoms with E-state index in [0.29, 0.717) is 0 Å². The van der Waals surface area contributed by atoms with Crippen molar-refractivity contribution < 1.29 is 54.1 Å². The molecule has 1 spiro atoms. The van der Waals surface area contributed by atoms with Gasteiger partial charge in [-0.1, -0.05) is 0 Å². The van der Waals surface area contributed by atoms with Gasteiger partial charge in [0.1, 0.15) is 0 Å². The Balaban J connectivity index is 2.80. The summed E-state index contributed by atoms with van der Waals surface area (Å²) in [5, 5.41) is 0. The van der Waals surface area contributed by atoms with Gasteiger partial charge in [0, 0.05) is 0 Å². The molecular formula is C9H4F8O4. The highest BCUT2D eigenvalue weighted by molar-refractivity contribution is 5.13. The molecule has 21 heavy (non-hydrogen) atoms. The Hall–Kier alpha value is -1.88. The van der Waals surface area contributed by atoms with Crippen molar-refractivity contribution in [3.8, 4) is 0 Å². The molecule has 2 rings (SSSR count). The zero-order valence-corrected chi connectivity index (χ0v) is 9.57. The van der Waals surface area contributed by atoms with Crippen molar-refractivity contribution in [3.63, 3.8) is 0 Å². The topological polar surface area (TPSA) is 36.9 Å². The molecule has 0 bridgehead atoms. The number of halogens is 8. The third-order valence-corrected chi connectivity index (χ3v) is 2.71. The molecule has 2 aliphatic heterocycles. The highest BCUT2D eigenvalue weighted by Crippen LogP contribution is 2.70. The van der Waals surface area contributed by atoms with E-state index in [1.807, 2.05) is 0 Å². The Morgan fingerprint density at radius 1 is 0.524 bits per heavy atom. The number of hydrogen-bond donors (Lipinski definition) is 0. The zero-order valence-electron chi connectivity index (χ0n) is 9.57. The van der Waals surface area contributed by atoms with Crippen LogP contribution in [0.2, 0.25) is 0 Å². The van der Waals surface area contributed by atoms with Crippen molar-refractivity contribution >= 4 is 0 Å². The van der Waals surface area contributed by atoms with Gasteiger partial charge in [-0.25, -0.2) is 0 Å². The maximum Gasteiger partial charge on any atom is 0.436 e. The second kappa shape index (κ2) is 3.65. The van der Waals surface area contributed by atoms with E-state index in [1.54, 1.807) is 0 Å². The molecule has 0 aromatic heterocycles. The lowest BCUT2D eigenvalue weighted by Crippen LogP contribution is -2.77. The van der Waals surface area contributed by atoms with E-state index in [2.05, 4.69) is 32.1 Å². The highest BCUT2D eigenvalue weighted by Gasteiger charge is 3.00. The van der Waals surface area contributed by atoms with Crippen LogP contribution >= 0.6 is 0 Å². The summed E-state index contributed by atoms with van der Waals surface area (Å²) < 4.78 is 122. The van der Waals surface area contributed by atoms with Crippen LogP contribution in [0.25, 0.3) is 0 Å². The van der Waals surface area contributed by atoms with Gasteiger partial charge in [0.05, 0.1) is 0 Å². The third kappa shape index (κ3) is 1.61. The first kappa shape index (κ1) is 15.5. The van der Waals surface area contributed by atoms with Crippen molar-refractivity contribution in [2.24, 2.45) is 5.41 Å². The summed E-state index contributed by atoms with van der Waals surface area (Å²) >= 11 is 0. The molecule has 12 heteroatoms. The van der Waals surface area contributed by atoms with Gasteiger partial charge in [-0.05, 0) is 13.2 Å². The molecule has 0 aromatic rings. The molecule has 0 saturated carbocycles. The molecule has 0 unspecified atom stereocenters. The number of alkyl halides is 8. The van der Waals surface area contributed by atoms with Gasteiger partial charge in [0.25, 0.3) is 11.9 Å². The van der Waals surface area contributed by atoms with Gasteiger partial charge in [0.2, 0.25) is 0 Å². The second-order valence-corrected chi connectivity index (χ2v) is 3.97. The predicted octanol–water partition coefficient (Wildman–Crippen LogP) is 3.38. The molecule has 2 fully saturated rings. The Kier molecular flexibility index (Phi) is 2.70. The van der Waals surface area contributed by atoms with Crippen molar-refractivity contribution in [2.45, 2.75) is 24.4 Å². The minimum atomic E-state index is -5.94. The van der Waals surface area contributed by atoms with Gasteiger partial charge in [-0.2, -0.15) is 35.1 Å². The lowest BCUT2D eigenvalue weighted by atomic mass is 9.80. The van der Waals surface area contributed by atoms with E-state index in [9.17, 15) is 35.1 Å². The van der Waals surface area contributed by atoms with Crippen LogP contribution in [0.3, 0.4) is 0 Å². The summed E-state index contributed by atoms with van der Waals surface area (Å²) in [6, 6.07) is 0. The summed E-state index contributed by atoms with van der Waals surface area (Å²) in [6.45, 7) is 4.80. The van der Waals surface area contributed by atoms with Crippen LogP contribution in [-0.2, 0) is 18.9 Å². The van der Waals surface area contributed by atoms with E-state index in [0.717, 1.165) is 0 Å². The Morgan fingerprint density at radius 3 is 0.905 bits per heavy atom. The molecular weight excluding hydrogens is 324 g/mol. The van der Waals surface area contributed by atoms with Gasteiger partial charge in [-0.15, -0.1) is 0 Å². The average Bonchev–Trinajstić information content (AvgIpc) is 2.05. The van der Waals surface area contributed by atoms with E-state index < -0.39 is 41.7 Å². The molecule has 2 saturated heterocycles. The van der Waals surface area contributed by atoms with Crippen LogP contribution in [0.4, 0.5) is 35.1 Å². The molecule has 0 aliphatic carbocycles. The minimum Gasteiger partial charge on any atom is -0.400 e. The smallest absolute Gasteiger partial charge is 0.400 e. The molecule has 0 aromatic carbocycles. The van der Waals surface area contributed by atoms with E-state index in [1.165, 1.54) is 0 Å². The van der Waals surface area contributed by atoms with Crippen LogP contribution in [-0.4, -0.2) is 24.4 Å². The molecule has 0 radical (unpaired) electrons. The van der Waals surface area contributed by atoms with Crippen molar-refractivity contribution in [3.05, 3.63) is 25.0 Å². The third-order valence-electron chi connectivity index (χ3n) is 2.71. The molecule has 2 aliphatic rings. The standard InChI is InChI=1S/C9H4F8O4/c1-3-18-6(10,11)5(7(12,13)19-3)8(14,15)20-4(2)21-9(5,16)17/h1-2H2. The van der Waals surface area contributed by atoms with Crippen LogP contribution in [0.1, 0.15) is 0 Å². The maximum absolute atomic E-state index is 13.6. The number of hydrogen-bond acceptors (Lipinski definition) is 4. The lowest BCUT2D eigenvalue weighted by Gasteiger charge is -2.52. The number of rotatable bonds is 0. The first-order valence-corrected chi connectivity index (χ1v) is 4.85. The summed E-state index contributed by atoms with van der Waals surface area (Å²) in [4.78, 5) is 0. The first-order valence-electron chi connectivity index (χ1n) is 4.85. The predicted molar refractivity (Wildman–Crippen MR) is 44.8 cm³/mol. The Bertz CT molecular complexity index is 424. The normalized spacial score (nSPS) is 30.7. The molecule has 2 heterocycles. The first-order chi connectivity index (χ1) is 9.20. The van der Waals surface area contributed by atoms with Crippen LogP contribution in [0.5, 0.6) is 0 Å². The van der Waals surface area contributed by atoms with Gasteiger partial charge >= 0.3 is 29.8 Å². The molecule has 120 valence electrons. The lowest BCUT2D eigenvalue weighted by molar-refractivity contribution is -0.598. The fourth-order valence-electron chi connectivity index (χ4n) is 1.94. The molecule has 0 N–H and O–H groups in total. The number of ether oxygens (including phenoxy) is 4. The Labute approximate surface area is 110 Å². The molecule has 0 atom stereocenters. The quantitative estimate of drug-likeness (QED) is 0.639. The van der Waals surface area contributed by atoms with Crippen molar-refractivity contribution in [1.29, 1.82) is 0 Å². The van der Waals surface area contributed by atoms with E-state index in [-0.39, 0.29) is 0 Å². The van der Waals surface area contributed by atoms with Crippen LogP contribution < -0.4 is 0 Å². The van der Waals surface area contributed by atoms with Crippen LogP contribution in [0, 0.1) is 5.41 Å². The largest absolute Gasteiger partial charge is 0.436 e.